The van der Waals surface area contributed by atoms with Crippen LogP contribution in [0.2, 0.25) is 0 Å². The smallest absolute Gasteiger partial charge is 0.260 e. The molecule has 19 heavy (non-hydrogen) atoms. The number of allylic oxidation sites excluding steroid dienone is 4. The number of H-pyrrole nitrogens is 1. The molecule has 0 aromatic carbocycles. The topological polar surface area (TPSA) is 69.6 Å². The van der Waals surface area contributed by atoms with Crippen LogP contribution in [0, 0.1) is 5.41 Å². The van der Waals surface area contributed by atoms with Crippen LogP contribution in [0.4, 0.5) is 0 Å². The molecule has 0 fully saturated rings. The van der Waals surface area contributed by atoms with Gasteiger partial charge >= 0.3 is 0 Å². The van der Waals surface area contributed by atoms with Gasteiger partial charge in [0.1, 0.15) is 0 Å². The Labute approximate surface area is 124 Å². The summed E-state index contributed by atoms with van der Waals surface area (Å²) in [5, 5.41) is 8.71. The molecule has 0 aliphatic heterocycles. The predicted molar refractivity (Wildman–Crippen MR) is 84.2 cm³/mol. The first-order valence-corrected chi connectivity index (χ1v) is 7.68. The van der Waals surface area contributed by atoms with Crippen molar-refractivity contribution in [3.8, 4) is 0 Å². The van der Waals surface area contributed by atoms with E-state index in [1.54, 1.807) is 6.08 Å². The lowest BCUT2D eigenvalue weighted by atomic mass is 9.91. The number of hydrogen-bond donors (Lipinski definition) is 2. The second kappa shape index (κ2) is 5.46. The fourth-order valence-electron chi connectivity index (χ4n) is 2.00. The molecule has 0 bridgehead atoms. The molecule has 1 aliphatic rings. The van der Waals surface area contributed by atoms with Crippen LogP contribution < -0.4 is 5.56 Å². The normalized spacial score (nSPS) is 17.1. The van der Waals surface area contributed by atoms with Crippen LogP contribution in [-0.4, -0.2) is 21.4 Å². The van der Waals surface area contributed by atoms with Crippen molar-refractivity contribution in [1.29, 1.82) is 5.41 Å². The van der Waals surface area contributed by atoms with Crippen molar-refractivity contribution in [2.45, 2.75) is 25.9 Å². The summed E-state index contributed by atoms with van der Waals surface area (Å²) in [6.07, 6.45) is 1.78. The number of nitrogens with one attached hydrogen (secondary N) is 2. The third-order valence-corrected chi connectivity index (χ3v) is 4.66. The molecule has 0 spiro atoms. The molecule has 1 aromatic heterocycles. The number of nitrogens with zero attached hydrogens (tertiary/aromatic N) is 1. The van der Waals surface area contributed by atoms with Crippen molar-refractivity contribution in [3.05, 3.63) is 32.2 Å². The first kappa shape index (κ1) is 14.3. The van der Waals surface area contributed by atoms with E-state index in [4.69, 9.17) is 5.41 Å². The summed E-state index contributed by atoms with van der Waals surface area (Å²) in [7, 11) is 0. The van der Waals surface area contributed by atoms with E-state index >= 15 is 0 Å². The number of aromatic amines is 1. The fourth-order valence-corrected chi connectivity index (χ4v) is 3.00. The zero-order chi connectivity index (χ0) is 14.2. The van der Waals surface area contributed by atoms with Crippen molar-refractivity contribution in [1.82, 2.24) is 9.97 Å². The van der Waals surface area contributed by atoms with Crippen molar-refractivity contribution < 1.29 is 0 Å². The monoisotopic (exact) mass is 339 g/mol. The zero-order valence-electron chi connectivity index (χ0n) is 10.9. The van der Waals surface area contributed by atoms with Crippen molar-refractivity contribution in [2.75, 3.05) is 5.75 Å². The van der Waals surface area contributed by atoms with Gasteiger partial charge in [-0.2, -0.15) is 0 Å². The Bertz CT molecular complexity index is 673. The maximum absolute atomic E-state index is 12.2. The molecule has 100 valence electrons. The molecule has 4 nitrogen and oxygen atoms in total. The van der Waals surface area contributed by atoms with Crippen LogP contribution >= 0.6 is 27.7 Å². The Morgan fingerprint density at radius 2 is 2.21 bits per heavy atom. The van der Waals surface area contributed by atoms with Gasteiger partial charge in [-0.05, 0) is 41.1 Å². The molecule has 2 rings (SSSR count). The number of hydrogen-bond acceptors (Lipinski definition) is 4. The van der Waals surface area contributed by atoms with Gasteiger partial charge in [-0.25, -0.2) is 4.98 Å². The largest absolute Gasteiger partial charge is 0.301 e. The minimum Gasteiger partial charge on any atom is -0.301 e. The van der Waals surface area contributed by atoms with Gasteiger partial charge in [0.05, 0.1) is 17.0 Å². The van der Waals surface area contributed by atoms with Crippen molar-refractivity contribution in [2.24, 2.45) is 0 Å². The molecule has 0 saturated carbocycles. The van der Waals surface area contributed by atoms with Crippen LogP contribution in [0.1, 0.15) is 32.0 Å². The van der Waals surface area contributed by atoms with E-state index in [2.05, 4.69) is 25.9 Å². The van der Waals surface area contributed by atoms with Gasteiger partial charge < -0.3 is 4.98 Å². The van der Waals surface area contributed by atoms with Crippen LogP contribution in [0.3, 0.4) is 0 Å². The minimum absolute atomic E-state index is 0.182. The van der Waals surface area contributed by atoms with E-state index in [1.165, 1.54) is 11.8 Å². The van der Waals surface area contributed by atoms with E-state index in [-0.39, 0.29) is 5.56 Å². The molecular weight excluding hydrogens is 326 g/mol. The average Bonchev–Trinajstić information content (AvgIpc) is 2.38. The van der Waals surface area contributed by atoms with E-state index < -0.39 is 0 Å². The Morgan fingerprint density at radius 3 is 2.79 bits per heavy atom. The molecule has 0 atom stereocenters. The number of halogens is 1. The highest BCUT2D eigenvalue weighted by Gasteiger charge is 2.27. The summed E-state index contributed by atoms with van der Waals surface area (Å²) in [5.74, 6) is 0.845. The van der Waals surface area contributed by atoms with Crippen LogP contribution in [-0.2, 0) is 0 Å². The van der Waals surface area contributed by atoms with Gasteiger partial charge in [0.15, 0.2) is 5.16 Å². The molecule has 2 N–H and O–H groups in total. The third-order valence-electron chi connectivity index (χ3n) is 2.91. The first-order valence-electron chi connectivity index (χ1n) is 5.91. The average molecular weight is 340 g/mol. The summed E-state index contributed by atoms with van der Waals surface area (Å²) in [6, 6.07) is 0. The van der Waals surface area contributed by atoms with Gasteiger partial charge in [0.25, 0.3) is 5.56 Å². The molecule has 0 radical (unpaired) electrons. The van der Waals surface area contributed by atoms with Crippen molar-refractivity contribution >= 4 is 44.5 Å². The van der Waals surface area contributed by atoms with E-state index in [0.29, 0.717) is 32.2 Å². The first-order chi connectivity index (χ1) is 9.01. The second-order valence-corrected chi connectivity index (χ2v) is 6.09. The Morgan fingerprint density at radius 1 is 1.53 bits per heavy atom. The third kappa shape index (κ3) is 2.34. The van der Waals surface area contributed by atoms with E-state index in [1.807, 2.05) is 20.8 Å². The fraction of sp³-hybridized carbons (Fsp3) is 0.308. The van der Waals surface area contributed by atoms with Gasteiger partial charge in [-0.15, -0.1) is 0 Å². The van der Waals surface area contributed by atoms with Crippen molar-refractivity contribution in [3.63, 3.8) is 0 Å². The molecule has 1 heterocycles. The Kier molecular flexibility index (Phi) is 4.10. The molecule has 0 unspecified atom stereocenters. The lowest BCUT2D eigenvalue weighted by Gasteiger charge is -2.20. The molecule has 1 aliphatic carbocycles. The Balaban J connectivity index is 2.80. The summed E-state index contributed by atoms with van der Waals surface area (Å²) < 4.78 is 0.693. The number of thioether (sulfide) groups is 1. The highest BCUT2D eigenvalue weighted by Crippen LogP contribution is 2.35. The number of rotatable bonds is 2. The summed E-state index contributed by atoms with van der Waals surface area (Å²) in [6.45, 7) is 5.70. The van der Waals surface area contributed by atoms with E-state index in [9.17, 15) is 4.79 Å². The van der Waals surface area contributed by atoms with Gasteiger partial charge in [0.2, 0.25) is 0 Å². The lowest BCUT2D eigenvalue weighted by Crippen LogP contribution is -2.23. The SMILES string of the molecule is C/C=C1\C(=N)C(Br)=C(C)c2nc(SCC)[nH]c(=O)c21. The maximum atomic E-state index is 12.2. The second-order valence-electron chi connectivity index (χ2n) is 4.04. The lowest BCUT2D eigenvalue weighted by molar-refractivity contribution is 0.915. The Hall–Kier alpha value is -1.14. The molecule has 6 heteroatoms. The highest BCUT2D eigenvalue weighted by atomic mass is 79.9. The standard InChI is InChI=1S/C13H14BrN3OS/c1-4-7-8-11(6(3)9(14)10(7)15)16-13(19-5-2)17-12(8)18/h4,15H,5H2,1-3H3,(H,16,17,18)/b7-4-,15-10?. The summed E-state index contributed by atoms with van der Waals surface area (Å²) in [5.41, 5.74) is 2.75. The highest BCUT2D eigenvalue weighted by molar-refractivity contribution is 9.12. The molecule has 0 amide bonds. The maximum Gasteiger partial charge on any atom is 0.260 e. The van der Waals surface area contributed by atoms with Crippen LogP contribution in [0.15, 0.2) is 20.5 Å². The van der Waals surface area contributed by atoms with Gasteiger partial charge in [-0.3, -0.25) is 10.2 Å². The zero-order valence-corrected chi connectivity index (χ0v) is 13.3. The predicted octanol–water partition coefficient (Wildman–Crippen LogP) is 3.44. The summed E-state index contributed by atoms with van der Waals surface area (Å²) in [4.78, 5) is 19.5. The van der Waals surface area contributed by atoms with E-state index in [0.717, 1.165) is 11.3 Å². The molecular formula is C13H14BrN3OS. The molecule has 0 saturated heterocycles. The van der Waals surface area contributed by atoms with Gasteiger partial charge in [-0.1, -0.05) is 24.8 Å². The molecule has 1 aromatic rings. The van der Waals surface area contributed by atoms with Gasteiger partial charge in [0, 0.05) is 10.1 Å². The van der Waals surface area contributed by atoms with Crippen LogP contribution in [0.25, 0.3) is 11.1 Å². The minimum atomic E-state index is -0.182. The number of aromatic nitrogens is 2. The number of fused-ring (bicyclic) bond motifs is 1. The summed E-state index contributed by atoms with van der Waals surface area (Å²) >= 11 is 4.91. The quantitative estimate of drug-likeness (QED) is 0.640. The van der Waals surface area contributed by atoms with Crippen LogP contribution in [0.5, 0.6) is 0 Å².